The first-order chi connectivity index (χ1) is 9.48. The van der Waals surface area contributed by atoms with Crippen molar-refractivity contribution in [2.24, 2.45) is 0 Å². The van der Waals surface area contributed by atoms with E-state index in [1.54, 1.807) is 0 Å². The number of aromatic nitrogens is 1. The van der Waals surface area contributed by atoms with Crippen molar-refractivity contribution >= 4 is 0 Å². The molecular formula is C15H25N3O2. The predicted molar refractivity (Wildman–Crippen MR) is 76.3 cm³/mol. The number of hydrogen-bond acceptors (Lipinski definition) is 5. The van der Waals surface area contributed by atoms with Crippen molar-refractivity contribution in [1.82, 2.24) is 15.4 Å². The van der Waals surface area contributed by atoms with Crippen LogP contribution in [0, 0.1) is 0 Å². The molecule has 0 amide bonds. The standard InChI is InChI=1S/C15H25N3O2/c1-15(2,3)16-7-11-6-14(20-17-11)10-18-8-12-4-5-13(9-18)19-12/h6,12-13,16H,4-5,7-10H2,1-3H3. The Morgan fingerprint density at radius 3 is 2.65 bits per heavy atom. The highest BCUT2D eigenvalue weighted by Crippen LogP contribution is 2.27. The molecule has 2 aliphatic heterocycles. The van der Waals surface area contributed by atoms with E-state index in [1.165, 1.54) is 12.8 Å². The summed E-state index contributed by atoms with van der Waals surface area (Å²) in [5.74, 6) is 0.956. The van der Waals surface area contributed by atoms with Crippen molar-refractivity contribution in [2.75, 3.05) is 13.1 Å². The fourth-order valence-electron chi connectivity index (χ4n) is 2.92. The Kier molecular flexibility index (Phi) is 3.84. The molecule has 3 heterocycles. The van der Waals surface area contributed by atoms with Gasteiger partial charge in [-0.1, -0.05) is 5.16 Å². The molecule has 112 valence electrons. The minimum Gasteiger partial charge on any atom is -0.372 e. The van der Waals surface area contributed by atoms with Gasteiger partial charge in [0.2, 0.25) is 0 Å². The third-order valence-corrected chi connectivity index (χ3v) is 3.91. The number of rotatable bonds is 4. The molecule has 2 atom stereocenters. The number of nitrogens with zero attached hydrogens (tertiary/aromatic N) is 2. The van der Waals surface area contributed by atoms with Gasteiger partial charge in [-0.05, 0) is 33.6 Å². The van der Waals surface area contributed by atoms with Crippen molar-refractivity contribution in [2.45, 2.75) is 64.4 Å². The van der Waals surface area contributed by atoms with Crippen molar-refractivity contribution in [3.05, 3.63) is 17.5 Å². The van der Waals surface area contributed by atoms with Gasteiger partial charge in [0.05, 0.1) is 24.4 Å². The maximum absolute atomic E-state index is 5.85. The highest BCUT2D eigenvalue weighted by molar-refractivity contribution is 5.06. The molecule has 0 saturated carbocycles. The highest BCUT2D eigenvalue weighted by Gasteiger charge is 2.33. The zero-order valence-corrected chi connectivity index (χ0v) is 12.7. The van der Waals surface area contributed by atoms with E-state index in [4.69, 9.17) is 9.26 Å². The lowest BCUT2D eigenvalue weighted by molar-refractivity contribution is -0.0431. The summed E-state index contributed by atoms with van der Waals surface area (Å²) in [5, 5.41) is 7.57. The molecule has 2 fully saturated rings. The number of nitrogens with one attached hydrogen (secondary N) is 1. The van der Waals surface area contributed by atoms with E-state index in [0.717, 1.165) is 37.6 Å². The van der Waals surface area contributed by atoms with E-state index in [-0.39, 0.29) is 5.54 Å². The van der Waals surface area contributed by atoms with E-state index in [9.17, 15) is 0 Å². The van der Waals surface area contributed by atoms with E-state index in [1.807, 2.05) is 0 Å². The van der Waals surface area contributed by atoms with Gasteiger partial charge in [0.1, 0.15) is 0 Å². The topological polar surface area (TPSA) is 50.5 Å². The molecular weight excluding hydrogens is 254 g/mol. The van der Waals surface area contributed by atoms with Crippen LogP contribution >= 0.6 is 0 Å². The van der Waals surface area contributed by atoms with E-state index < -0.39 is 0 Å². The van der Waals surface area contributed by atoms with Gasteiger partial charge in [0.15, 0.2) is 5.76 Å². The summed E-state index contributed by atoms with van der Waals surface area (Å²) >= 11 is 0. The van der Waals surface area contributed by atoms with Crippen LogP contribution in [0.15, 0.2) is 10.6 Å². The van der Waals surface area contributed by atoms with Gasteiger partial charge in [0.25, 0.3) is 0 Å². The summed E-state index contributed by atoms with van der Waals surface area (Å²) < 4.78 is 11.3. The fourth-order valence-corrected chi connectivity index (χ4v) is 2.92. The molecule has 1 N–H and O–H groups in total. The Morgan fingerprint density at radius 1 is 1.30 bits per heavy atom. The monoisotopic (exact) mass is 279 g/mol. The molecule has 5 nitrogen and oxygen atoms in total. The van der Waals surface area contributed by atoms with E-state index in [2.05, 4.69) is 42.2 Å². The number of hydrogen-bond donors (Lipinski definition) is 1. The minimum atomic E-state index is 0.0997. The van der Waals surface area contributed by atoms with Gasteiger partial charge in [-0.2, -0.15) is 0 Å². The second-order valence-corrected chi connectivity index (χ2v) is 7.04. The van der Waals surface area contributed by atoms with E-state index >= 15 is 0 Å². The lowest BCUT2D eigenvalue weighted by atomic mass is 10.1. The summed E-state index contributed by atoms with van der Waals surface area (Å²) in [7, 11) is 0. The lowest BCUT2D eigenvalue weighted by Crippen LogP contribution is -2.41. The number of morpholine rings is 1. The molecule has 0 radical (unpaired) electrons. The molecule has 20 heavy (non-hydrogen) atoms. The van der Waals surface area contributed by atoms with E-state index in [0.29, 0.717) is 12.2 Å². The second kappa shape index (κ2) is 5.47. The smallest absolute Gasteiger partial charge is 0.151 e. The highest BCUT2D eigenvalue weighted by atomic mass is 16.5. The van der Waals surface area contributed by atoms with Gasteiger partial charge in [0, 0.05) is 31.2 Å². The molecule has 0 spiro atoms. The zero-order chi connectivity index (χ0) is 14.2. The third kappa shape index (κ3) is 3.59. The van der Waals surface area contributed by atoms with Crippen molar-refractivity contribution < 1.29 is 9.26 Å². The largest absolute Gasteiger partial charge is 0.372 e. The summed E-state index contributed by atoms with van der Waals surface area (Å²) in [6.45, 7) is 10.1. The number of likely N-dealkylation sites (tertiary alicyclic amines) is 1. The third-order valence-electron chi connectivity index (χ3n) is 3.91. The van der Waals surface area contributed by atoms with Crippen LogP contribution in [0.25, 0.3) is 0 Å². The van der Waals surface area contributed by atoms with Crippen molar-refractivity contribution in [3.63, 3.8) is 0 Å². The molecule has 0 aromatic carbocycles. The maximum Gasteiger partial charge on any atom is 0.151 e. The van der Waals surface area contributed by atoms with Gasteiger partial charge < -0.3 is 14.6 Å². The molecule has 1 aromatic rings. The first-order valence-corrected chi connectivity index (χ1v) is 7.55. The Bertz CT molecular complexity index is 440. The van der Waals surface area contributed by atoms with Gasteiger partial charge in [-0.25, -0.2) is 0 Å². The molecule has 2 unspecified atom stereocenters. The zero-order valence-electron chi connectivity index (χ0n) is 12.7. The van der Waals surface area contributed by atoms with Gasteiger partial charge >= 0.3 is 0 Å². The Balaban J connectivity index is 1.52. The van der Waals surface area contributed by atoms with Crippen LogP contribution in [-0.4, -0.2) is 40.9 Å². The minimum absolute atomic E-state index is 0.0997. The summed E-state index contributed by atoms with van der Waals surface area (Å²) in [6.07, 6.45) is 3.27. The van der Waals surface area contributed by atoms with Gasteiger partial charge in [-0.15, -0.1) is 0 Å². The van der Waals surface area contributed by atoms with Crippen LogP contribution in [0.4, 0.5) is 0 Å². The number of ether oxygens (including phenoxy) is 1. The SMILES string of the molecule is CC(C)(C)NCc1cc(CN2CC3CCC(C2)O3)on1. The van der Waals surface area contributed by atoms with Crippen molar-refractivity contribution in [3.8, 4) is 0 Å². The molecule has 0 aliphatic carbocycles. The predicted octanol–water partition coefficient (Wildman–Crippen LogP) is 1.93. The average Bonchev–Trinajstić information content (AvgIpc) is 2.93. The molecule has 2 saturated heterocycles. The summed E-state index contributed by atoms with van der Waals surface area (Å²) in [5.41, 5.74) is 1.08. The average molecular weight is 279 g/mol. The fraction of sp³-hybridized carbons (Fsp3) is 0.800. The van der Waals surface area contributed by atoms with Crippen LogP contribution in [0.5, 0.6) is 0 Å². The molecule has 2 bridgehead atoms. The Hall–Kier alpha value is -0.910. The van der Waals surface area contributed by atoms with Crippen LogP contribution in [0.1, 0.15) is 45.1 Å². The van der Waals surface area contributed by atoms with Crippen LogP contribution in [0.2, 0.25) is 0 Å². The normalized spacial score (nSPS) is 27.1. The summed E-state index contributed by atoms with van der Waals surface area (Å²) in [6, 6.07) is 2.07. The molecule has 5 heteroatoms. The number of fused-ring (bicyclic) bond motifs is 2. The van der Waals surface area contributed by atoms with Crippen LogP contribution in [-0.2, 0) is 17.8 Å². The molecule has 2 aliphatic rings. The first kappa shape index (κ1) is 14.0. The summed E-state index contributed by atoms with van der Waals surface area (Å²) in [4.78, 5) is 2.42. The first-order valence-electron chi connectivity index (χ1n) is 7.55. The van der Waals surface area contributed by atoms with Crippen molar-refractivity contribution in [1.29, 1.82) is 0 Å². The Labute approximate surface area is 120 Å². The maximum atomic E-state index is 5.85. The molecule has 1 aromatic heterocycles. The van der Waals surface area contributed by atoms with Crippen LogP contribution in [0.3, 0.4) is 0 Å². The second-order valence-electron chi connectivity index (χ2n) is 7.04. The molecule has 3 rings (SSSR count). The van der Waals surface area contributed by atoms with Gasteiger partial charge in [-0.3, -0.25) is 4.90 Å². The quantitative estimate of drug-likeness (QED) is 0.912. The van der Waals surface area contributed by atoms with Crippen LogP contribution < -0.4 is 5.32 Å². The lowest BCUT2D eigenvalue weighted by Gasteiger charge is -2.31. The Morgan fingerprint density at radius 2 is 2.00 bits per heavy atom.